The summed E-state index contributed by atoms with van der Waals surface area (Å²) in [6, 6.07) is 0.463. The molecule has 0 aliphatic heterocycles. The Morgan fingerprint density at radius 1 is 1.11 bits per heavy atom. The molecule has 0 unspecified atom stereocenters. The Morgan fingerprint density at radius 3 is 1.67 bits per heavy atom. The highest BCUT2D eigenvalue weighted by Gasteiger charge is 1.95. The van der Waals surface area contributed by atoms with Crippen LogP contribution in [0, 0.1) is 0 Å². The van der Waals surface area contributed by atoms with E-state index in [1.165, 1.54) is 25.7 Å². The molecule has 0 aromatic carbocycles. The third-order valence-electron chi connectivity index (χ3n) is 1.32. The van der Waals surface area contributed by atoms with Crippen molar-refractivity contribution in [2.24, 2.45) is 5.73 Å². The molecule has 0 heterocycles. The summed E-state index contributed by atoms with van der Waals surface area (Å²) in [6.45, 7) is 4.35. The van der Waals surface area contributed by atoms with Crippen LogP contribution in [-0.2, 0) is 0 Å². The number of halogens is 1. The van der Waals surface area contributed by atoms with Gasteiger partial charge in [-0.15, -0.1) is 12.4 Å². The lowest BCUT2D eigenvalue weighted by atomic mass is 10.1. The van der Waals surface area contributed by atoms with Crippen LogP contribution in [0.4, 0.5) is 0 Å². The molecule has 0 aliphatic carbocycles. The molecule has 0 saturated heterocycles. The minimum absolute atomic E-state index is 0. The molecule has 0 rings (SSSR count). The van der Waals surface area contributed by atoms with E-state index in [1.807, 2.05) is 0 Å². The van der Waals surface area contributed by atoms with Crippen LogP contribution in [0.2, 0.25) is 0 Å². The summed E-state index contributed by atoms with van der Waals surface area (Å²) >= 11 is 0. The van der Waals surface area contributed by atoms with E-state index >= 15 is 0 Å². The number of hydrogen-bond donors (Lipinski definition) is 1. The highest BCUT2D eigenvalue weighted by Crippen LogP contribution is 1.99. The predicted molar refractivity (Wildman–Crippen MR) is 45.0 cm³/mol. The Bertz CT molecular complexity index is 42.2. The van der Waals surface area contributed by atoms with Gasteiger partial charge in [-0.1, -0.05) is 26.7 Å². The first-order valence-corrected chi connectivity index (χ1v) is 3.56. The molecule has 0 amide bonds. The third-order valence-corrected chi connectivity index (χ3v) is 1.32. The second kappa shape index (κ2) is 8.25. The smallest absolute Gasteiger partial charge is 0.00386 e. The quantitative estimate of drug-likeness (QED) is 0.656. The Kier molecular flexibility index (Phi) is 11.0. The first kappa shape index (κ1) is 12.0. The minimum atomic E-state index is 0. The van der Waals surface area contributed by atoms with Crippen LogP contribution in [0.5, 0.6) is 0 Å². The molecule has 0 aromatic heterocycles. The average molecular weight is 152 g/mol. The van der Waals surface area contributed by atoms with Crippen molar-refractivity contribution < 1.29 is 0 Å². The maximum atomic E-state index is 5.69. The van der Waals surface area contributed by atoms with Crippen molar-refractivity contribution in [3.63, 3.8) is 0 Å². The van der Waals surface area contributed by atoms with Gasteiger partial charge in [0, 0.05) is 6.04 Å². The molecule has 0 spiro atoms. The van der Waals surface area contributed by atoms with Crippen molar-refractivity contribution in [3.05, 3.63) is 0 Å². The highest BCUT2D eigenvalue weighted by molar-refractivity contribution is 5.85. The van der Waals surface area contributed by atoms with Gasteiger partial charge >= 0.3 is 0 Å². The van der Waals surface area contributed by atoms with Gasteiger partial charge in [0.15, 0.2) is 0 Å². The van der Waals surface area contributed by atoms with Gasteiger partial charge in [0.1, 0.15) is 0 Å². The molecule has 9 heavy (non-hydrogen) atoms. The van der Waals surface area contributed by atoms with Crippen LogP contribution in [0.1, 0.15) is 39.5 Å². The second-order valence-corrected chi connectivity index (χ2v) is 2.34. The highest BCUT2D eigenvalue weighted by atomic mass is 35.5. The standard InChI is InChI=1S/C7H17N.ClH/c1-3-5-7(8)6-4-2;/h7H,3-6,8H2,1-2H3;1H. The predicted octanol–water partition coefficient (Wildman–Crippen LogP) is 2.34. The summed E-state index contributed by atoms with van der Waals surface area (Å²) in [5, 5.41) is 0. The van der Waals surface area contributed by atoms with Gasteiger partial charge in [0.05, 0.1) is 0 Å². The van der Waals surface area contributed by atoms with Gasteiger partial charge < -0.3 is 5.73 Å². The molecule has 2 heteroatoms. The molecule has 0 fully saturated rings. The van der Waals surface area contributed by atoms with E-state index in [0.717, 1.165) is 0 Å². The molecular weight excluding hydrogens is 134 g/mol. The van der Waals surface area contributed by atoms with E-state index in [0.29, 0.717) is 6.04 Å². The molecule has 0 radical (unpaired) electrons. The topological polar surface area (TPSA) is 26.0 Å². The van der Waals surface area contributed by atoms with Crippen molar-refractivity contribution in [2.75, 3.05) is 0 Å². The molecule has 58 valence electrons. The van der Waals surface area contributed by atoms with Crippen LogP contribution in [0.3, 0.4) is 0 Å². The minimum Gasteiger partial charge on any atom is -0.328 e. The van der Waals surface area contributed by atoms with Crippen molar-refractivity contribution in [2.45, 2.75) is 45.6 Å². The van der Waals surface area contributed by atoms with Crippen LogP contribution in [0.15, 0.2) is 0 Å². The summed E-state index contributed by atoms with van der Waals surface area (Å²) in [6.07, 6.45) is 4.82. The SMILES string of the molecule is CCCC(N)CCC.Cl. The maximum Gasteiger partial charge on any atom is 0.00386 e. The monoisotopic (exact) mass is 151 g/mol. The van der Waals surface area contributed by atoms with Crippen LogP contribution < -0.4 is 5.73 Å². The summed E-state index contributed by atoms with van der Waals surface area (Å²) in [4.78, 5) is 0. The zero-order valence-corrected chi connectivity index (χ0v) is 7.21. The summed E-state index contributed by atoms with van der Waals surface area (Å²) in [5.41, 5.74) is 5.69. The largest absolute Gasteiger partial charge is 0.328 e. The van der Waals surface area contributed by atoms with Crippen molar-refractivity contribution in [1.82, 2.24) is 0 Å². The average Bonchev–Trinajstić information content (AvgIpc) is 1.68. The third kappa shape index (κ3) is 8.25. The molecule has 0 aliphatic rings. The Balaban J connectivity index is 0. The number of nitrogens with two attached hydrogens (primary N) is 1. The van der Waals surface area contributed by atoms with E-state index in [9.17, 15) is 0 Å². The number of hydrogen-bond acceptors (Lipinski definition) is 1. The van der Waals surface area contributed by atoms with Gasteiger partial charge in [-0.3, -0.25) is 0 Å². The van der Waals surface area contributed by atoms with Crippen molar-refractivity contribution in [3.8, 4) is 0 Å². The summed E-state index contributed by atoms with van der Waals surface area (Å²) < 4.78 is 0. The fourth-order valence-corrected chi connectivity index (χ4v) is 0.886. The van der Waals surface area contributed by atoms with Crippen molar-refractivity contribution >= 4 is 12.4 Å². The lowest BCUT2D eigenvalue weighted by Crippen LogP contribution is -2.18. The molecule has 0 saturated carbocycles. The van der Waals surface area contributed by atoms with Gasteiger partial charge in [-0.2, -0.15) is 0 Å². The van der Waals surface area contributed by atoms with Gasteiger partial charge in [0.2, 0.25) is 0 Å². The van der Waals surface area contributed by atoms with Gasteiger partial charge in [-0.25, -0.2) is 0 Å². The van der Waals surface area contributed by atoms with E-state index in [1.54, 1.807) is 0 Å². The normalized spacial score (nSPS) is 9.33. The molecule has 1 nitrogen and oxygen atoms in total. The maximum absolute atomic E-state index is 5.69. The van der Waals surface area contributed by atoms with E-state index in [4.69, 9.17) is 5.73 Å². The van der Waals surface area contributed by atoms with Gasteiger partial charge in [-0.05, 0) is 12.8 Å². The van der Waals surface area contributed by atoms with Crippen molar-refractivity contribution in [1.29, 1.82) is 0 Å². The first-order chi connectivity index (χ1) is 3.81. The van der Waals surface area contributed by atoms with E-state index in [2.05, 4.69) is 13.8 Å². The summed E-state index contributed by atoms with van der Waals surface area (Å²) in [5.74, 6) is 0. The first-order valence-electron chi connectivity index (χ1n) is 3.56. The fraction of sp³-hybridized carbons (Fsp3) is 1.00. The van der Waals surface area contributed by atoms with E-state index < -0.39 is 0 Å². The van der Waals surface area contributed by atoms with Crippen LogP contribution >= 0.6 is 12.4 Å². The second-order valence-electron chi connectivity index (χ2n) is 2.34. The molecule has 0 aromatic rings. The lowest BCUT2D eigenvalue weighted by molar-refractivity contribution is 0.554. The lowest BCUT2D eigenvalue weighted by Gasteiger charge is -2.05. The summed E-state index contributed by atoms with van der Waals surface area (Å²) in [7, 11) is 0. The molecule has 0 bridgehead atoms. The van der Waals surface area contributed by atoms with E-state index in [-0.39, 0.29) is 12.4 Å². The molecule has 0 atom stereocenters. The zero-order valence-electron chi connectivity index (χ0n) is 6.39. The Morgan fingerprint density at radius 2 is 1.44 bits per heavy atom. The molecular formula is C7H18ClN. The zero-order chi connectivity index (χ0) is 6.41. The van der Waals surface area contributed by atoms with Crippen LogP contribution in [0.25, 0.3) is 0 Å². The Labute approximate surface area is 64.4 Å². The van der Waals surface area contributed by atoms with Crippen LogP contribution in [-0.4, -0.2) is 6.04 Å². The molecule has 2 N–H and O–H groups in total. The number of rotatable bonds is 4. The fourth-order valence-electron chi connectivity index (χ4n) is 0.886. The van der Waals surface area contributed by atoms with Gasteiger partial charge in [0.25, 0.3) is 0 Å². The Hall–Kier alpha value is 0.250.